The molecule has 31 heavy (non-hydrogen) atoms. The number of hydrogen-bond donors (Lipinski definition) is 1. The Morgan fingerprint density at radius 2 is 1.16 bits per heavy atom. The number of esters is 1. The second kappa shape index (κ2) is 8.23. The summed E-state index contributed by atoms with van der Waals surface area (Å²) >= 11 is 0. The second-order valence-corrected chi connectivity index (χ2v) is 5.77. The zero-order chi connectivity index (χ0) is 25.5. The molecular formula is C13H9F15O3. The first-order valence-electron chi connectivity index (χ1n) is 7.16. The minimum Gasteiger partial charge on any atom is -0.460 e. The highest BCUT2D eigenvalue weighted by molar-refractivity contribution is 5.81. The molecule has 0 amide bonds. The Hall–Kier alpha value is -1.88. The zero-order valence-electron chi connectivity index (χ0n) is 14.2. The molecule has 0 aliphatic heterocycles. The van der Waals surface area contributed by atoms with E-state index < -0.39 is 66.8 Å². The number of aliphatic hydroxyl groups is 1. The van der Waals surface area contributed by atoms with Crippen LogP contribution in [0.1, 0.15) is 6.42 Å². The van der Waals surface area contributed by atoms with Crippen molar-refractivity contribution in [2.45, 2.75) is 54.2 Å². The van der Waals surface area contributed by atoms with Crippen molar-refractivity contribution in [3.63, 3.8) is 0 Å². The van der Waals surface area contributed by atoms with Crippen molar-refractivity contribution in [3.8, 4) is 0 Å². The molecule has 0 aromatic carbocycles. The summed E-state index contributed by atoms with van der Waals surface area (Å²) in [6, 6.07) is 0. The lowest BCUT2D eigenvalue weighted by atomic mass is 9.85. The van der Waals surface area contributed by atoms with Gasteiger partial charge in [0.05, 0.1) is 6.10 Å². The van der Waals surface area contributed by atoms with E-state index in [1.807, 2.05) is 0 Å². The van der Waals surface area contributed by atoms with Gasteiger partial charge in [-0.1, -0.05) is 6.58 Å². The molecule has 1 atom stereocenters. The quantitative estimate of drug-likeness (QED) is 0.281. The lowest BCUT2D eigenvalue weighted by Gasteiger charge is -2.43. The summed E-state index contributed by atoms with van der Waals surface area (Å²) in [5, 5.41) is 8.99. The van der Waals surface area contributed by atoms with Gasteiger partial charge >= 0.3 is 47.7 Å². The number of rotatable bonds is 9. The van der Waals surface area contributed by atoms with E-state index in [2.05, 4.69) is 11.3 Å². The molecule has 1 unspecified atom stereocenters. The number of ether oxygens (including phenoxy) is 1. The van der Waals surface area contributed by atoms with Crippen LogP contribution in [0.5, 0.6) is 0 Å². The number of carbonyl (C=O) groups is 1. The van der Waals surface area contributed by atoms with Crippen molar-refractivity contribution in [2.75, 3.05) is 6.61 Å². The largest absolute Gasteiger partial charge is 0.460 e. The molecule has 0 aromatic rings. The molecule has 0 rings (SSSR count). The molecule has 3 nitrogen and oxygen atoms in total. The highest BCUT2D eigenvalue weighted by Gasteiger charge is 2.95. The third kappa shape index (κ3) is 4.67. The highest BCUT2D eigenvalue weighted by Crippen LogP contribution is 2.64. The first kappa shape index (κ1) is 29.1. The average molecular weight is 498 g/mol. The molecule has 18 heteroatoms. The van der Waals surface area contributed by atoms with Crippen LogP contribution in [-0.4, -0.2) is 65.5 Å². The van der Waals surface area contributed by atoms with Crippen LogP contribution in [0, 0.1) is 0 Å². The van der Waals surface area contributed by atoms with Gasteiger partial charge in [-0.05, 0) is 0 Å². The van der Waals surface area contributed by atoms with Crippen molar-refractivity contribution in [1.82, 2.24) is 0 Å². The molecule has 0 bridgehead atoms. The monoisotopic (exact) mass is 498 g/mol. The average Bonchev–Trinajstić information content (AvgIpc) is 2.55. The van der Waals surface area contributed by atoms with Crippen LogP contribution in [0.25, 0.3) is 0 Å². The number of carbonyl (C=O) groups excluding carboxylic acids is 1. The fourth-order valence-corrected chi connectivity index (χ4v) is 1.88. The van der Waals surface area contributed by atoms with E-state index in [1.54, 1.807) is 0 Å². The molecule has 0 saturated heterocycles. The molecule has 0 spiro atoms. The third-order valence-corrected chi connectivity index (χ3v) is 3.54. The Bertz CT molecular complexity index is 650. The summed E-state index contributed by atoms with van der Waals surface area (Å²) in [5.41, 5.74) is -8.38. The second-order valence-electron chi connectivity index (χ2n) is 5.77. The number of alkyl halides is 15. The van der Waals surface area contributed by atoms with Crippen LogP contribution in [0.4, 0.5) is 65.9 Å². The number of hydrogen-bond acceptors (Lipinski definition) is 3. The van der Waals surface area contributed by atoms with Crippen molar-refractivity contribution in [1.29, 1.82) is 0 Å². The molecule has 0 fully saturated rings. The van der Waals surface area contributed by atoms with Crippen molar-refractivity contribution >= 4 is 5.97 Å². The predicted octanol–water partition coefficient (Wildman–Crippen LogP) is 4.84. The zero-order valence-corrected chi connectivity index (χ0v) is 14.2. The van der Waals surface area contributed by atoms with E-state index in [0.717, 1.165) is 0 Å². The summed E-state index contributed by atoms with van der Waals surface area (Å²) < 4.78 is 199. The van der Waals surface area contributed by atoms with Gasteiger partial charge in [0.15, 0.2) is 0 Å². The first-order chi connectivity index (χ1) is 13.3. The minimum absolute atomic E-state index is 0.323. The maximum atomic E-state index is 13.5. The standard InChI is InChI=1S/C13H9F15O3/c1-2-6(30)31-4-5(29)3-7(14,15)9(17,18)11(21,22)10(19,20)8(16,12(23,24)25)13(26,27)28/h2,5,29H,1,3-4H2. The van der Waals surface area contributed by atoms with Crippen LogP contribution in [0.15, 0.2) is 12.7 Å². The smallest absolute Gasteiger partial charge is 0.438 e. The van der Waals surface area contributed by atoms with Gasteiger partial charge in [0.2, 0.25) is 0 Å². The van der Waals surface area contributed by atoms with Gasteiger partial charge in [-0.25, -0.2) is 9.18 Å². The van der Waals surface area contributed by atoms with Crippen molar-refractivity contribution < 1.29 is 80.5 Å². The third-order valence-electron chi connectivity index (χ3n) is 3.54. The Morgan fingerprint density at radius 1 is 0.774 bits per heavy atom. The molecule has 0 saturated carbocycles. The first-order valence-corrected chi connectivity index (χ1v) is 7.16. The Kier molecular flexibility index (Phi) is 7.73. The molecule has 0 aliphatic rings. The van der Waals surface area contributed by atoms with Crippen LogP contribution >= 0.6 is 0 Å². The van der Waals surface area contributed by atoms with Gasteiger partial charge in [-0.2, -0.15) is 61.5 Å². The molecule has 0 heterocycles. The summed E-state index contributed by atoms with van der Waals surface area (Å²) in [6.45, 7) is 1.06. The van der Waals surface area contributed by atoms with Gasteiger partial charge < -0.3 is 9.84 Å². The minimum atomic E-state index is -8.52. The molecular weight excluding hydrogens is 489 g/mol. The van der Waals surface area contributed by atoms with E-state index in [0.29, 0.717) is 6.08 Å². The molecule has 0 aliphatic carbocycles. The van der Waals surface area contributed by atoms with Crippen LogP contribution in [0.2, 0.25) is 0 Å². The lowest BCUT2D eigenvalue weighted by Crippen LogP contribution is -2.75. The van der Waals surface area contributed by atoms with Gasteiger partial charge in [-0.3, -0.25) is 0 Å². The van der Waals surface area contributed by atoms with E-state index in [1.165, 1.54) is 0 Å². The Labute approximate surface area is 161 Å². The van der Waals surface area contributed by atoms with Gasteiger partial charge in [0.25, 0.3) is 0 Å². The van der Waals surface area contributed by atoms with Gasteiger partial charge in [0.1, 0.15) is 6.61 Å². The van der Waals surface area contributed by atoms with Crippen LogP contribution < -0.4 is 0 Å². The maximum Gasteiger partial charge on any atom is 0.438 e. The van der Waals surface area contributed by atoms with E-state index in [9.17, 15) is 70.7 Å². The van der Waals surface area contributed by atoms with Gasteiger partial charge in [-0.15, -0.1) is 0 Å². The molecule has 184 valence electrons. The van der Waals surface area contributed by atoms with E-state index in [4.69, 9.17) is 5.11 Å². The Morgan fingerprint density at radius 3 is 1.48 bits per heavy atom. The van der Waals surface area contributed by atoms with Crippen LogP contribution in [-0.2, 0) is 9.53 Å². The topological polar surface area (TPSA) is 46.5 Å². The fraction of sp³-hybridized carbons (Fsp3) is 0.769. The normalized spacial score (nSPS) is 16.1. The summed E-state index contributed by atoms with van der Waals surface area (Å²) in [7, 11) is 0. The number of halogens is 15. The van der Waals surface area contributed by atoms with E-state index >= 15 is 0 Å². The molecule has 0 radical (unpaired) electrons. The van der Waals surface area contributed by atoms with Gasteiger partial charge in [0, 0.05) is 12.5 Å². The van der Waals surface area contributed by atoms with Crippen molar-refractivity contribution in [3.05, 3.63) is 12.7 Å². The molecule has 0 aromatic heterocycles. The highest BCUT2D eigenvalue weighted by atomic mass is 19.4. The summed E-state index contributed by atoms with van der Waals surface area (Å²) in [5.74, 6) is -32.8. The SMILES string of the molecule is C=CC(=O)OCC(O)CC(F)(F)C(F)(F)C(F)(F)C(F)(F)C(F)(C(F)(F)F)C(F)(F)F. The fourth-order valence-electron chi connectivity index (χ4n) is 1.88. The summed E-state index contributed by atoms with van der Waals surface area (Å²) in [4.78, 5) is 10.6. The van der Waals surface area contributed by atoms with Crippen molar-refractivity contribution in [2.24, 2.45) is 0 Å². The maximum absolute atomic E-state index is 13.5. The lowest BCUT2D eigenvalue weighted by molar-refractivity contribution is -0.457. The predicted molar refractivity (Wildman–Crippen MR) is 67.5 cm³/mol. The number of aliphatic hydroxyl groups excluding tert-OH is 1. The van der Waals surface area contributed by atoms with E-state index in [-0.39, 0.29) is 0 Å². The Balaban J connectivity index is 6.30. The molecule has 1 N–H and O–H groups in total. The summed E-state index contributed by atoms with van der Waals surface area (Å²) in [6.07, 6.45) is -21.8. The van der Waals surface area contributed by atoms with Crippen LogP contribution in [0.3, 0.4) is 0 Å².